The van der Waals surface area contributed by atoms with E-state index >= 15 is 0 Å². The fraction of sp³-hybridized carbons (Fsp3) is 0.471. The minimum atomic E-state index is -3.50. The number of hydrogen-bond donors (Lipinski definition) is 1. The van der Waals surface area contributed by atoms with Crippen LogP contribution in [0.4, 0.5) is 4.39 Å². The van der Waals surface area contributed by atoms with E-state index in [1.165, 1.54) is 48.9 Å². The molecule has 2 aromatic rings. The van der Waals surface area contributed by atoms with Crippen molar-refractivity contribution in [1.29, 1.82) is 0 Å². The van der Waals surface area contributed by atoms with Gasteiger partial charge in [-0.1, -0.05) is 27.7 Å². The Morgan fingerprint density at radius 1 is 1.08 bits per heavy atom. The van der Waals surface area contributed by atoms with Crippen LogP contribution in [0, 0.1) is 5.82 Å². The van der Waals surface area contributed by atoms with Crippen molar-refractivity contribution < 1.29 is 17.9 Å². The zero-order chi connectivity index (χ0) is 19.1. The molecule has 5 nitrogen and oxygen atoms in total. The standard InChI is InChI=1S/C13H15FN2O3S.2C2H6/c1-13(2,17)11-8-12(20(3,18)19)15-16(11)10-6-4-9(14)5-7-10;2*1-2/h4-8,17H,1-3H3;2*1-2H3. The molecular weight excluding hydrogens is 331 g/mol. The molecule has 0 saturated carbocycles. The van der Waals surface area contributed by atoms with Crippen molar-refractivity contribution in [2.45, 2.75) is 52.2 Å². The Kier molecular flexibility index (Phi) is 8.29. The van der Waals surface area contributed by atoms with Crippen LogP contribution in [-0.4, -0.2) is 29.6 Å². The van der Waals surface area contributed by atoms with Gasteiger partial charge in [-0.05, 0) is 38.1 Å². The van der Waals surface area contributed by atoms with Crippen LogP contribution < -0.4 is 0 Å². The van der Waals surface area contributed by atoms with Crippen molar-refractivity contribution in [3.05, 3.63) is 41.8 Å². The van der Waals surface area contributed by atoms with Gasteiger partial charge in [-0.25, -0.2) is 17.5 Å². The van der Waals surface area contributed by atoms with Crippen molar-refractivity contribution in [2.75, 3.05) is 6.26 Å². The van der Waals surface area contributed by atoms with Gasteiger partial charge in [-0.15, -0.1) is 0 Å². The van der Waals surface area contributed by atoms with Crippen LogP contribution >= 0.6 is 0 Å². The first-order chi connectivity index (χ1) is 11.1. The molecule has 1 heterocycles. The molecule has 7 heteroatoms. The number of rotatable bonds is 3. The molecule has 0 fully saturated rings. The predicted molar refractivity (Wildman–Crippen MR) is 94.6 cm³/mol. The van der Waals surface area contributed by atoms with E-state index in [2.05, 4.69) is 5.10 Å². The van der Waals surface area contributed by atoms with Gasteiger partial charge in [0.2, 0.25) is 0 Å². The molecule has 2 rings (SSSR count). The summed E-state index contributed by atoms with van der Waals surface area (Å²) in [5.74, 6) is -0.408. The third-order valence-corrected chi connectivity index (χ3v) is 3.72. The molecule has 0 saturated heterocycles. The summed E-state index contributed by atoms with van der Waals surface area (Å²) in [6.45, 7) is 11.0. The summed E-state index contributed by atoms with van der Waals surface area (Å²) in [4.78, 5) is 0. The molecule has 1 N–H and O–H groups in total. The normalized spacial score (nSPS) is 11.0. The Hall–Kier alpha value is -1.73. The predicted octanol–water partition coefficient (Wildman–Crippen LogP) is 3.69. The molecule has 0 aliphatic carbocycles. The average Bonchev–Trinajstić information content (AvgIpc) is 2.98. The maximum Gasteiger partial charge on any atom is 0.194 e. The highest BCUT2D eigenvalue weighted by Crippen LogP contribution is 2.25. The topological polar surface area (TPSA) is 72.2 Å². The molecule has 0 unspecified atom stereocenters. The van der Waals surface area contributed by atoms with E-state index in [9.17, 15) is 17.9 Å². The van der Waals surface area contributed by atoms with Gasteiger partial charge in [0, 0.05) is 12.3 Å². The van der Waals surface area contributed by atoms with E-state index in [1.807, 2.05) is 27.7 Å². The molecular formula is C17H27FN2O3S. The summed E-state index contributed by atoms with van der Waals surface area (Å²) in [6.07, 6.45) is 1.04. The lowest BCUT2D eigenvalue weighted by molar-refractivity contribution is 0.0711. The fourth-order valence-corrected chi connectivity index (χ4v) is 2.31. The first-order valence-corrected chi connectivity index (χ1v) is 9.77. The number of hydrogen-bond acceptors (Lipinski definition) is 4. The highest BCUT2D eigenvalue weighted by atomic mass is 32.2. The zero-order valence-corrected chi connectivity index (χ0v) is 16.1. The van der Waals surface area contributed by atoms with Crippen LogP contribution in [0.25, 0.3) is 5.69 Å². The second-order valence-corrected chi connectivity index (χ2v) is 7.05. The van der Waals surface area contributed by atoms with Crippen LogP contribution in [0.5, 0.6) is 0 Å². The van der Waals surface area contributed by atoms with E-state index in [4.69, 9.17) is 0 Å². The molecule has 0 spiro atoms. The SMILES string of the molecule is CC.CC.CC(C)(O)c1cc(S(C)(=O)=O)nn1-c1ccc(F)cc1. The van der Waals surface area contributed by atoms with Gasteiger partial charge in [0.15, 0.2) is 14.9 Å². The number of aliphatic hydroxyl groups is 1. The summed E-state index contributed by atoms with van der Waals surface area (Å²) in [6, 6.07) is 6.72. The molecule has 0 atom stereocenters. The van der Waals surface area contributed by atoms with Crippen molar-refractivity contribution in [2.24, 2.45) is 0 Å². The summed E-state index contributed by atoms with van der Waals surface area (Å²) in [5, 5.41) is 14.0. The molecule has 1 aromatic carbocycles. The summed E-state index contributed by atoms with van der Waals surface area (Å²) < 4.78 is 37.4. The lowest BCUT2D eigenvalue weighted by Crippen LogP contribution is -2.20. The minimum absolute atomic E-state index is 0.140. The second kappa shape index (κ2) is 8.94. The second-order valence-electron chi connectivity index (χ2n) is 5.09. The molecule has 0 aliphatic heterocycles. The first-order valence-electron chi connectivity index (χ1n) is 7.88. The Bertz CT molecular complexity index is 730. The maximum absolute atomic E-state index is 13.0. The van der Waals surface area contributed by atoms with Crippen LogP contribution in [0.15, 0.2) is 35.4 Å². The molecule has 0 aliphatic rings. The third kappa shape index (κ3) is 5.72. The van der Waals surface area contributed by atoms with Gasteiger partial charge in [0.1, 0.15) is 11.4 Å². The number of nitrogens with zero attached hydrogens (tertiary/aromatic N) is 2. The Labute approximate surface area is 144 Å². The van der Waals surface area contributed by atoms with Gasteiger partial charge >= 0.3 is 0 Å². The Morgan fingerprint density at radius 3 is 1.92 bits per heavy atom. The largest absolute Gasteiger partial charge is 0.384 e. The van der Waals surface area contributed by atoms with E-state index in [0.717, 1.165) is 6.26 Å². The van der Waals surface area contributed by atoms with Crippen molar-refractivity contribution >= 4 is 9.84 Å². The number of aromatic nitrogens is 2. The number of sulfone groups is 1. The van der Waals surface area contributed by atoms with Gasteiger partial charge in [-0.2, -0.15) is 5.10 Å². The summed E-state index contributed by atoms with van der Waals surface area (Å²) in [7, 11) is -3.50. The average molecular weight is 358 g/mol. The van der Waals surface area contributed by atoms with Gasteiger partial charge in [0.25, 0.3) is 0 Å². The van der Waals surface area contributed by atoms with E-state index in [-0.39, 0.29) is 5.03 Å². The monoisotopic (exact) mass is 358 g/mol. The van der Waals surface area contributed by atoms with Crippen LogP contribution in [0.3, 0.4) is 0 Å². The highest BCUT2D eigenvalue weighted by molar-refractivity contribution is 7.90. The van der Waals surface area contributed by atoms with Crippen LogP contribution in [0.2, 0.25) is 0 Å². The first kappa shape index (κ1) is 22.3. The minimum Gasteiger partial charge on any atom is -0.384 e. The number of benzene rings is 1. The molecule has 0 amide bonds. The summed E-state index contributed by atoms with van der Waals surface area (Å²) in [5.41, 5.74) is -0.507. The molecule has 1 aromatic heterocycles. The summed E-state index contributed by atoms with van der Waals surface area (Å²) >= 11 is 0. The third-order valence-electron chi connectivity index (χ3n) is 2.76. The highest BCUT2D eigenvalue weighted by Gasteiger charge is 2.26. The van der Waals surface area contributed by atoms with Crippen molar-refractivity contribution in [3.8, 4) is 5.69 Å². The van der Waals surface area contributed by atoms with Gasteiger partial charge in [0.05, 0.1) is 11.4 Å². The van der Waals surface area contributed by atoms with E-state index in [0.29, 0.717) is 11.4 Å². The number of halogens is 1. The zero-order valence-electron chi connectivity index (χ0n) is 15.3. The quantitative estimate of drug-likeness (QED) is 0.908. The van der Waals surface area contributed by atoms with E-state index in [1.54, 1.807) is 0 Å². The fourth-order valence-electron chi connectivity index (χ4n) is 1.76. The maximum atomic E-state index is 13.0. The Morgan fingerprint density at radius 2 is 1.54 bits per heavy atom. The van der Waals surface area contributed by atoms with Crippen LogP contribution in [-0.2, 0) is 15.4 Å². The van der Waals surface area contributed by atoms with Crippen molar-refractivity contribution in [3.63, 3.8) is 0 Å². The molecule has 136 valence electrons. The van der Waals surface area contributed by atoms with E-state index < -0.39 is 21.3 Å². The van der Waals surface area contributed by atoms with Crippen LogP contribution in [0.1, 0.15) is 47.2 Å². The smallest absolute Gasteiger partial charge is 0.194 e. The molecule has 24 heavy (non-hydrogen) atoms. The van der Waals surface area contributed by atoms with Crippen molar-refractivity contribution in [1.82, 2.24) is 9.78 Å². The Balaban J connectivity index is 0.00000123. The van der Waals surface area contributed by atoms with Gasteiger partial charge in [-0.3, -0.25) is 0 Å². The van der Waals surface area contributed by atoms with Gasteiger partial charge < -0.3 is 5.11 Å². The lowest BCUT2D eigenvalue weighted by atomic mass is 10.1. The molecule has 0 radical (unpaired) electrons. The molecule has 0 bridgehead atoms. The lowest BCUT2D eigenvalue weighted by Gasteiger charge is -2.18.